The summed E-state index contributed by atoms with van der Waals surface area (Å²) in [7, 11) is 0. The monoisotopic (exact) mass is 635 g/mol. The van der Waals surface area contributed by atoms with Gasteiger partial charge < -0.3 is 14.8 Å². The quantitative estimate of drug-likeness (QED) is 0.273. The van der Waals surface area contributed by atoms with E-state index in [0.29, 0.717) is 31.4 Å². The van der Waals surface area contributed by atoms with Crippen molar-refractivity contribution in [2.75, 3.05) is 26.2 Å². The molecule has 6 heterocycles. The Bertz CT molecular complexity index is 1720. The SMILES string of the molecule is N#CC[C@]1(n2cc(-c3ncnc4[nH]ccc34)cn2)C[C@H](N2CCC(Oc3cc(CN4CCC[C@@H]4CO)cc(C(F)(F)F)n3)CC2)C1. The van der Waals surface area contributed by atoms with Gasteiger partial charge in [-0.1, -0.05) is 0 Å². The van der Waals surface area contributed by atoms with Crippen LogP contribution in [0.3, 0.4) is 0 Å². The first-order chi connectivity index (χ1) is 22.2. The topological polar surface area (TPSA) is 132 Å². The maximum atomic E-state index is 13.7. The minimum Gasteiger partial charge on any atom is -0.474 e. The second kappa shape index (κ2) is 12.3. The number of hydrogen-bond donors (Lipinski definition) is 2. The molecular weight excluding hydrogens is 599 g/mol. The Kier molecular flexibility index (Phi) is 8.16. The number of alkyl halides is 3. The van der Waals surface area contributed by atoms with Crippen molar-refractivity contribution in [2.24, 2.45) is 0 Å². The summed E-state index contributed by atoms with van der Waals surface area (Å²) in [4.78, 5) is 20.1. The molecule has 0 radical (unpaired) electrons. The number of nitriles is 1. The van der Waals surface area contributed by atoms with E-state index in [1.54, 1.807) is 12.3 Å². The summed E-state index contributed by atoms with van der Waals surface area (Å²) >= 11 is 0. The molecule has 7 rings (SSSR count). The molecule has 0 spiro atoms. The Hall–Kier alpha value is -4.06. The molecule has 0 bridgehead atoms. The van der Waals surface area contributed by atoms with Crippen molar-refractivity contribution >= 4 is 11.0 Å². The number of fused-ring (bicyclic) bond motifs is 1. The third-order valence-electron chi connectivity index (χ3n) is 9.86. The number of likely N-dealkylation sites (tertiary alicyclic amines) is 2. The van der Waals surface area contributed by atoms with Gasteiger partial charge in [-0.15, -0.1) is 0 Å². The maximum absolute atomic E-state index is 13.7. The van der Waals surface area contributed by atoms with E-state index in [4.69, 9.17) is 4.74 Å². The van der Waals surface area contributed by atoms with Gasteiger partial charge in [0.1, 0.15) is 23.8 Å². The van der Waals surface area contributed by atoms with E-state index in [1.165, 1.54) is 6.33 Å². The van der Waals surface area contributed by atoms with Crippen molar-refractivity contribution in [1.29, 1.82) is 5.26 Å². The Labute approximate surface area is 264 Å². The smallest absolute Gasteiger partial charge is 0.433 e. The van der Waals surface area contributed by atoms with Crippen molar-refractivity contribution in [3.05, 3.63) is 54.4 Å². The molecule has 3 fully saturated rings. The number of rotatable bonds is 9. The molecule has 242 valence electrons. The second-order valence-electron chi connectivity index (χ2n) is 12.8. The second-order valence-corrected chi connectivity index (χ2v) is 12.8. The van der Waals surface area contributed by atoms with Gasteiger partial charge in [-0.05, 0) is 62.8 Å². The van der Waals surface area contributed by atoms with Gasteiger partial charge in [0.25, 0.3) is 0 Å². The van der Waals surface area contributed by atoms with Crippen LogP contribution in [0.25, 0.3) is 22.3 Å². The molecule has 46 heavy (non-hydrogen) atoms. The standard InChI is InChI=1S/C32H36F3N9O2/c33-32(34,35)27-12-21(17-43-9-1-2-23(43)19-45)13-28(41-27)46-25-4-10-42(11-5-25)24-14-31(15-24,6-7-36)44-18-22(16-40-44)29-26-3-8-37-30(26)39-20-38-29/h3,8,12-13,16,18,20,23-25,45H,1-2,4-6,9-11,14-15,17,19H2,(H,37,38,39)/t23-,24-,31-/m1/s1. The third kappa shape index (κ3) is 5.94. The number of piperidine rings is 1. The number of nitrogens with zero attached hydrogens (tertiary/aromatic N) is 8. The van der Waals surface area contributed by atoms with Crippen LogP contribution in [0.5, 0.6) is 5.88 Å². The predicted molar refractivity (Wildman–Crippen MR) is 161 cm³/mol. The van der Waals surface area contributed by atoms with Crippen LogP contribution in [0.4, 0.5) is 13.2 Å². The molecule has 3 aliphatic rings. The van der Waals surface area contributed by atoms with Gasteiger partial charge in [-0.3, -0.25) is 14.5 Å². The number of pyridine rings is 1. The van der Waals surface area contributed by atoms with Crippen LogP contribution < -0.4 is 4.74 Å². The Morgan fingerprint density at radius 3 is 2.72 bits per heavy atom. The lowest BCUT2D eigenvalue weighted by atomic mass is 9.69. The number of aromatic nitrogens is 6. The number of aliphatic hydroxyl groups is 1. The van der Waals surface area contributed by atoms with Crippen LogP contribution in [-0.4, -0.2) is 89.1 Å². The fraction of sp³-hybridized carbons (Fsp3) is 0.531. The first-order valence-corrected chi connectivity index (χ1v) is 15.8. The van der Waals surface area contributed by atoms with Crippen molar-refractivity contribution in [3.8, 4) is 23.2 Å². The molecule has 4 aromatic heterocycles. The molecule has 2 N–H and O–H groups in total. The molecule has 0 aromatic carbocycles. The summed E-state index contributed by atoms with van der Waals surface area (Å²) in [5.41, 5.74) is 1.53. The first kappa shape index (κ1) is 30.6. The molecule has 2 aliphatic heterocycles. The number of aliphatic hydroxyl groups excluding tert-OH is 1. The highest BCUT2D eigenvalue weighted by molar-refractivity contribution is 5.90. The fourth-order valence-electron chi connectivity index (χ4n) is 7.37. The summed E-state index contributed by atoms with van der Waals surface area (Å²) in [6.07, 6.45) is 7.24. The normalized spacial score (nSPS) is 24.7. The van der Waals surface area contributed by atoms with Gasteiger partial charge >= 0.3 is 6.18 Å². The lowest BCUT2D eigenvalue weighted by molar-refractivity contribution is -0.141. The van der Waals surface area contributed by atoms with E-state index in [2.05, 4.69) is 36.0 Å². The summed E-state index contributed by atoms with van der Waals surface area (Å²) in [5, 5.41) is 24.9. The van der Waals surface area contributed by atoms with Gasteiger partial charge in [0, 0.05) is 61.1 Å². The average Bonchev–Trinajstić information content (AvgIpc) is 3.80. The van der Waals surface area contributed by atoms with E-state index in [9.17, 15) is 23.5 Å². The van der Waals surface area contributed by atoms with Crippen LogP contribution in [0.15, 0.2) is 43.1 Å². The highest BCUT2D eigenvalue weighted by Gasteiger charge is 2.49. The highest BCUT2D eigenvalue weighted by Crippen LogP contribution is 2.46. The van der Waals surface area contributed by atoms with Crippen molar-refractivity contribution in [3.63, 3.8) is 0 Å². The van der Waals surface area contributed by atoms with E-state index in [-0.39, 0.29) is 30.7 Å². The summed E-state index contributed by atoms with van der Waals surface area (Å²) < 4.78 is 49.2. The summed E-state index contributed by atoms with van der Waals surface area (Å²) in [6.45, 7) is 2.52. The van der Waals surface area contributed by atoms with Gasteiger partial charge in [0.15, 0.2) is 0 Å². The molecule has 4 aromatic rings. The number of ether oxygens (including phenoxy) is 1. The molecule has 2 saturated heterocycles. The molecule has 0 unspecified atom stereocenters. The van der Waals surface area contributed by atoms with E-state index in [0.717, 1.165) is 73.7 Å². The van der Waals surface area contributed by atoms with Crippen LogP contribution >= 0.6 is 0 Å². The summed E-state index contributed by atoms with van der Waals surface area (Å²) in [5.74, 6) is -0.00482. The molecule has 14 heteroatoms. The molecule has 1 saturated carbocycles. The number of nitrogens with one attached hydrogen (secondary N) is 1. The van der Waals surface area contributed by atoms with Crippen molar-refractivity contribution in [1.82, 2.24) is 39.5 Å². The Morgan fingerprint density at radius 1 is 1.13 bits per heavy atom. The zero-order valence-corrected chi connectivity index (χ0v) is 25.3. The number of hydrogen-bond acceptors (Lipinski definition) is 9. The molecule has 0 amide bonds. The van der Waals surface area contributed by atoms with Gasteiger partial charge in [-0.2, -0.15) is 23.5 Å². The average molecular weight is 636 g/mol. The molecular formula is C32H36F3N9O2. The van der Waals surface area contributed by atoms with E-state index in [1.807, 2.05) is 28.0 Å². The largest absolute Gasteiger partial charge is 0.474 e. The van der Waals surface area contributed by atoms with Crippen LogP contribution in [0, 0.1) is 11.3 Å². The lowest BCUT2D eigenvalue weighted by Crippen LogP contribution is -2.58. The Balaban J connectivity index is 0.984. The first-order valence-electron chi connectivity index (χ1n) is 15.8. The van der Waals surface area contributed by atoms with Gasteiger partial charge in [0.05, 0.1) is 36.5 Å². The van der Waals surface area contributed by atoms with Gasteiger partial charge in [-0.25, -0.2) is 15.0 Å². The molecule has 1 aliphatic carbocycles. The predicted octanol–water partition coefficient (Wildman–Crippen LogP) is 4.51. The summed E-state index contributed by atoms with van der Waals surface area (Å²) in [6, 6.07) is 7.22. The van der Waals surface area contributed by atoms with E-state index >= 15 is 0 Å². The fourth-order valence-corrected chi connectivity index (χ4v) is 7.37. The molecule has 1 atom stereocenters. The number of halogens is 3. The van der Waals surface area contributed by atoms with Crippen molar-refractivity contribution < 1.29 is 23.0 Å². The Morgan fingerprint density at radius 2 is 1.96 bits per heavy atom. The van der Waals surface area contributed by atoms with Crippen LogP contribution in [-0.2, 0) is 18.3 Å². The van der Waals surface area contributed by atoms with Gasteiger partial charge in [0.2, 0.25) is 5.88 Å². The number of H-pyrrole nitrogens is 1. The molecule has 11 nitrogen and oxygen atoms in total. The van der Waals surface area contributed by atoms with Crippen molar-refractivity contribution in [2.45, 2.75) is 81.4 Å². The number of aromatic amines is 1. The zero-order chi connectivity index (χ0) is 31.9. The lowest BCUT2D eigenvalue weighted by Gasteiger charge is -2.52. The minimum absolute atomic E-state index is 0.00482. The van der Waals surface area contributed by atoms with E-state index < -0.39 is 17.4 Å². The third-order valence-corrected chi connectivity index (χ3v) is 9.86. The zero-order valence-electron chi connectivity index (χ0n) is 25.3. The van der Waals surface area contributed by atoms with Crippen LogP contribution in [0.2, 0.25) is 0 Å². The maximum Gasteiger partial charge on any atom is 0.433 e. The highest BCUT2D eigenvalue weighted by atomic mass is 19.4. The minimum atomic E-state index is -4.59. The van der Waals surface area contributed by atoms with Crippen LogP contribution in [0.1, 0.15) is 56.2 Å².